The van der Waals surface area contributed by atoms with Gasteiger partial charge in [-0.3, -0.25) is 4.90 Å². The van der Waals surface area contributed by atoms with Crippen molar-refractivity contribution in [2.75, 3.05) is 31.6 Å². The van der Waals surface area contributed by atoms with Crippen LogP contribution in [0.5, 0.6) is 0 Å². The fourth-order valence-electron chi connectivity index (χ4n) is 3.67. The van der Waals surface area contributed by atoms with E-state index < -0.39 is 0 Å². The molecule has 1 aromatic rings. The first-order chi connectivity index (χ1) is 10.6. The lowest BCUT2D eigenvalue weighted by Crippen LogP contribution is -2.51. The Balaban J connectivity index is 1.81. The first-order valence-electron chi connectivity index (χ1n) is 9.05. The highest BCUT2D eigenvalue weighted by Gasteiger charge is 2.29. The fourth-order valence-corrected chi connectivity index (χ4v) is 3.67. The van der Waals surface area contributed by atoms with E-state index >= 15 is 0 Å². The summed E-state index contributed by atoms with van der Waals surface area (Å²) in [7, 11) is 2.27. The maximum atomic E-state index is 4.82. The van der Waals surface area contributed by atoms with Gasteiger partial charge >= 0.3 is 0 Å². The van der Waals surface area contributed by atoms with Gasteiger partial charge in [-0.05, 0) is 55.3 Å². The Labute approximate surface area is 135 Å². The second-order valence-corrected chi connectivity index (χ2v) is 7.47. The number of rotatable bonds is 5. The third-order valence-corrected chi connectivity index (χ3v) is 5.32. The van der Waals surface area contributed by atoms with Crippen molar-refractivity contribution in [2.24, 2.45) is 0 Å². The molecule has 3 rings (SSSR count). The summed E-state index contributed by atoms with van der Waals surface area (Å²) in [5.41, 5.74) is 3.04. The molecule has 0 bridgehead atoms. The van der Waals surface area contributed by atoms with Gasteiger partial charge in [-0.1, -0.05) is 27.2 Å². The van der Waals surface area contributed by atoms with E-state index in [9.17, 15) is 0 Å². The van der Waals surface area contributed by atoms with Crippen molar-refractivity contribution in [1.29, 1.82) is 0 Å². The van der Waals surface area contributed by atoms with Gasteiger partial charge in [0.05, 0.1) is 0 Å². The van der Waals surface area contributed by atoms with E-state index in [1.807, 2.05) is 0 Å². The quantitative estimate of drug-likeness (QED) is 0.819. The van der Waals surface area contributed by atoms with Crippen LogP contribution in [0.3, 0.4) is 0 Å². The summed E-state index contributed by atoms with van der Waals surface area (Å²) in [6.07, 6.45) is 7.43. The topological polar surface area (TPSA) is 19.4 Å². The molecule has 1 saturated carbocycles. The molecule has 22 heavy (non-hydrogen) atoms. The minimum Gasteiger partial charge on any atom is -0.354 e. The van der Waals surface area contributed by atoms with Gasteiger partial charge in [0.25, 0.3) is 0 Å². The van der Waals surface area contributed by atoms with Gasteiger partial charge in [0.2, 0.25) is 0 Å². The Kier molecular flexibility index (Phi) is 4.72. The van der Waals surface area contributed by atoms with Crippen molar-refractivity contribution < 1.29 is 0 Å². The van der Waals surface area contributed by atoms with Gasteiger partial charge in [-0.25, -0.2) is 4.98 Å². The van der Waals surface area contributed by atoms with E-state index in [1.165, 1.54) is 37.1 Å². The molecule has 1 aliphatic carbocycles. The number of anilines is 1. The second-order valence-electron chi connectivity index (χ2n) is 7.47. The van der Waals surface area contributed by atoms with Gasteiger partial charge in [-0.2, -0.15) is 0 Å². The zero-order chi connectivity index (χ0) is 15.7. The standard InChI is InChI=1S/C19H31N3/c1-5-6-16-13-22(10-9-21(16)4)19-11-17(15-7-8-15)18(12-20-19)14(2)3/h11-12,14-16H,5-10,13H2,1-4H3. The van der Waals surface area contributed by atoms with E-state index in [2.05, 4.69) is 49.9 Å². The fraction of sp³-hybridized carbons (Fsp3) is 0.737. The molecule has 0 amide bonds. The lowest BCUT2D eigenvalue weighted by atomic mass is 9.96. The summed E-state index contributed by atoms with van der Waals surface area (Å²) in [4.78, 5) is 9.85. The van der Waals surface area contributed by atoms with Crippen LogP contribution in [-0.4, -0.2) is 42.6 Å². The van der Waals surface area contributed by atoms with Crippen LogP contribution in [-0.2, 0) is 0 Å². The van der Waals surface area contributed by atoms with Crippen molar-refractivity contribution in [3.8, 4) is 0 Å². The molecule has 0 aromatic carbocycles. The number of nitrogens with zero attached hydrogens (tertiary/aromatic N) is 3. The monoisotopic (exact) mass is 301 g/mol. The molecule has 0 N–H and O–H groups in total. The summed E-state index contributed by atoms with van der Waals surface area (Å²) in [6, 6.07) is 3.08. The van der Waals surface area contributed by atoms with Gasteiger partial charge in [-0.15, -0.1) is 0 Å². The van der Waals surface area contributed by atoms with Crippen LogP contribution in [0.1, 0.15) is 69.4 Å². The SMILES string of the molecule is CCCC1CN(c2cc(C3CC3)c(C(C)C)cn2)CCN1C. The Morgan fingerprint density at radius 2 is 2.05 bits per heavy atom. The molecule has 122 valence electrons. The van der Waals surface area contributed by atoms with Crippen molar-refractivity contribution in [1.82, 2.24) is 9.88 Å². The highest BCUT2D eigenvalue weighted by molar-refractivity contribution is 5.47. The van der Waals surface area contributed by atoms with Crippen molar-refractivity contribution in [3.05, 3.63) is 23.4 Å². The minimum absolute atomic E-state index is 0.581. The lowest BCUT2D eigenvalue weighted by molar-refractivity contribution is 0.206. The number of aromatic nitrogens is 1. The normalized spacial score (nSPS) is 23.3. The van der Waals surface area contributed by atoms with E-state index in [-0.39, 0.29) is 0 Å². The predicted molar refractivity (Wildman–Crippen MR) is 93.8 cm³/mol. The van der Waals surface area contributed by atoms with Gasteiger partial charge in [0.1, 0.15) is 5.82 Å². The first-order valence-corrected chi connectivity index (χ1v) is 9.05. The molecular formula is C19H31N3. The summed E-state index contributed by atoms with van der Waals surface area (Å²) >= 11 is 0. The maximum absolute atomic E-state index is 4.82. The van der Waals surface area contributed by atoms with Crippen LogP contribution in [0.2, 0.25) is 0 Å². The zero-order valence-electron chi connectivity index (χ0n) is 14.7. The molecule has 0 spiro atoms. The predicted octanol–water partition coefficient (Wildman–Crippen LogP) is 4.00. The van der Waals surface area contributed by atoms with Gasteiger partial charge in [0.15, 0.2) is 0 Å². The Hall–Kier alpha value is -1.09. The smallest absolute Gasteiger partial charge is 0.128 e. The van der Waals surface area contributed by atoms with Gasteiger partial charge < -0.3 is 4.90 Å². The highest BCUT2D eigenvalue weighted by Crippen LogP contribution is 2.44. The first kappa shape index (κ1) is 15.8. The van der Waals surface area contributed by atoms with Crippen molar-refractivity contribution >= 4 is 5.82 Å². The van der Waals surface area contributed by atoms with E-state index in [4.69, 9.17) is 4.98 Å². The van der Waals surface area contributed by atoms with Crippen LogP contribution < -0.4 is 4.90 Å². The third-order valence-electron chi connectivity index (χ3n) is 5.32. The van der Waals surface area contributed by atoms with Crippen LogP contribution in [0.15, 0.2) is 12.3 Å². The number of hydrogen-bond acceptors (Lipinski definition) is 3. The number of pyridine rings is 1. The molecule has 1 unspecified atom stereocenters. The molecular weight excluding hydrogens is 270 g/mol. The zero-order valence-corrected chi connectivity index (χ0v) is 14.7. The Bertz CT molecular complexity index is 507. The van der Waals surface area contributed by atoms with Crippen molar-refractivity contribution in [2.45, 2.75) is 64.3 Å². The van der Waals surface area contributed by atoms with Crippen LogP contribution in [0.25, 0.3) is 0 Å². The van der Waals surface area contributed by atoms with Crippen LogP contribution in [0, 0.1) is 0 Å². The van der Waals surface area contributed by atoms with Crippen LogP contribution >= 0.6 is 0 Å². The molecule has 1 aromatic heterocycles. The minimum atomic E-state index is 0.581. The van der Waals surface area contributed by atoms with Gasteiger partial charge in [0, 0.05) is 31.9 Å². The molecule has 1 atom stereocenters. The van der Waals surface area contributed by atoms with Crippen molar-refractivity contribution in [3.63, 3.8) is 0 Å². The number of piperazine rings is 1. The maximum Gasteiger partial charge on any atom is 0.128 e. The highest BCUT2D eigenvalue weighted by atomic mass is 15.3. The molecule has 2 aliphatic rings. The average molecular weight is 301 g/mol. The third kappa shape index (κ3) is 3.29. The molecule has 2 heterocycles. The molecule has 3 heteroatoms. The average Bonchev–Trinajstić information content (AvgIpc) is 3.34. The molecule has 1 aliphatic heterocycles. The second kappa shape index (κ2) is 6.57. The lowest BCUT2D eigenvalue weighted by Gasteiger charge is -2.40. The molecule has 2 fully saturated rings. The number of hydrogen-bond donors (Lipinski definition) is 0. The summed E-state index contributed by atoms with van der Waals surface area (Å²) in [5, 5.41) is 0. The largest absolute Gasteiger partial charge is 0.354 e. The molecule has 1 saturated heterocycles. The Morgan fingerprint density at radius 3 is 2.68 bits per heavy atom. The van der Waals surface area contributed by atoms with E-state index in [1.54, 1.807) is 5.56 Å². The van der Waals surface area contributed by atoms with Crippen LogP contribution in [0.4, 0.5) is 5.82 Å². The Morgan fingerprint density at radius 1 is 1.27 bits per heavy atom. The number of likely N-dealkylation sites (N-methyl/N-ethyl adjacent to an activating group) is 1. The summed E-state index contributed by atoms with van der Waals surface area (Å²) in [5.74, 6) is 2.59. The molecule has 0 radical (unpaired) electrons. The van der Waals surface area contributed by atoms with E-state index in [0.717, 1.165) is 25.6 Å². The molecule has 3 nitrogen and oxygen atoms in total. The van der Waals surface area contributed by atoms with E-state index in [0.29, 0.717) is 12.0 Å². The summed E-state index contributed by atoms with van der Waals surface area (Å²) < 4.78 is 0. The summed E-state index contributed by atoms with van der Waals surface area (Å²) in [6.45, 7) is 10.2.